The molecule has 0 aliphatic heterocycles. The summed E-state index contributed by atoms with van der Waals surface area (Å²) in [5.41, 5.74) is 1.17. The topological polar surface area (TPSA) is 102 Å². The summed E-state index contributed by atoms with van der Waals surface area (Å²) in [5, 5.41) is 16.3. The number of nitrogens with one attached hydrogen (secondary N) is 1. The summed E-state index contributed by atoms with van der Waals surface area (Å²) in [5.74, 6) is 0.244. The first-order valence-electron chi connectivity index (χ1n) is 6.63. The van der Waals surface area contributed by atoms with Gasteiger partial charge in [0.1, 0.15) is 10.6 Å². The standard InChI is InChI=1S/C13H18N2O5S2/c1-9-13(10(2)20-15-9)22(17,18)14-7-12(19-5-4-16)11-3-6-21-8-11/h3,6,8,12,14,16H,4-5,7H2,1-2H3/t12-/m0/s1. The highest BCUT2D eigenvalue weighted by molar-refractivity contribution is 7.89. The van der Waals surface area contributed by atoms with Crippen LogP contribution in [0, 0.1) is 13.8 Å². The minimum Gasteiger partial charge on any atom is -0.394 e. The molecule has 1 atom stereocenters. The summed E-state index contributed by atoms with van der Waals surface area (Å²) < 4.78 is 37.6. The van der Waals surface area contributed by atoms with E-state index in [1.165, 1.54) is 11.3 Å². The number of aliphatic hydroxyl groups is 1. The maximum atomic E-state index is 12.4. The van der Waals surface area contributed by atoms with Gasteiger partial charge in [-0.05, 0) is 36.2 Å². The molecule has 0 aromatic carbocycles. The zero-order valence-corrected chi connectivity index (χ0v) is 13.9. The van der Waals surface area contributed by atoms with Crippen molar-refractivity contribution in [3.05, 3.63) is 33.8 Å². The molecule has 0 unspecified atom stereocenters. The molecule has 0 saturated heterocycles. The summed E-state index contributed by atoms with van der Waals surface area (Å²) in [7, 11) is -3.73. The lowest BCUT2D eigenvalue weighted by molar-refractivity contribution is 0.0311. The van der Waals surface area contributed by atoms with E-state index in [1.807, 2.05) is 16.8 Å². The van der Waals surface area contributed by atoms with E-state index >= 15 is 0 Å². The van der Waals surface area contributed by atoms with Gasteiger partial charge in [0.05, 0.1) is 19.3 Å². The number of hydrogen-bond acceptors (Lipinski definition) is 7. The Balaban J connectivity index is 2.11. The lowest BCUT2D eigenvalue weighted by Gasteiger charge is -2.17. The Hall–Kier alpha value is -1.26. The van der Waals surface area contributed by atoms with Crippen LogP contribution in [-0.4, -0.2) is 38.4 Å². The molecule has 2 rings (SSSR count). The summed E-state index contributed by atoms with van der Waals surface area (Å²) in [6, 6.07) is 1.86. The molecule has 122 valence electrons. The number of aliphatic hydroxyl groups excluding tert-OH is 1. The quantitative estimate of drug-likeness (QED) is 0.749. The Morgan fingerprint density at radius 2 is 2.27 bits per heavy atom. The molecule has 0 aliphatic rings. The molecule has 0 radical (unpaired) electrons. The molecular weight excluding hydrogens is 328 g/mol. The Bertz CT molecular complexity index is 675. The van der Waals surface area contributed by atoms with E-state index in [1.54, 1.807) is 13.8 Å². The molecule has 0 amide bonds. The first kappa shape index (κ1) is 17.1. The van der Waals surface area contributed by atoms with Crippen LogP contribution in [0.2, 0.25) is 0 Å². The van der Waals surface area contributed by atoms with Gasteiger partial charge in [0.25, 0.3) is 0 Å². The molecule has 0 bridgehead atoms. The van der Waals surface area contributed by atoms with E-state index in [0.717, 1.165) is 5.56 Å². The van der Waals surface area contributed by atoms with E-state index in [4.69, 9.17) is 14.4 Å². The van der Waals surface area contributed by atoms with Crippen molar-refractivity contribution in [2.45, 2.75) is 24.8 Å². The number of aryl methyl sites for hydroxylation is 2. The zero-order valence-electron chi connectivity index (χ0n) is 12.3. The third-order valence-electron chi connectivity index (χ3n) is 3.02. The van der Waals surface area contributed by atoms with Crippen molar-refractivity contribution in [1.82, 2.24) is 9.88 Å². The van der Waals surface area contributed by atoms with Crippen molar-refractivity contribution in [3.63, 3.8) is 0 Å². The highest BCUT2D eigenvalue weighted by atomic mass is 32.2. The van der Waals surface area contributed by atoms with Gasteiger partial charge < -0.3 is 14.4 Å². The number of hydrogen-bond donors (Lipinski definition) is 2. The van der Waals surface area contributed by atoms with Gasteiger partial charge in [-0.15, -0.1) is 0 Å². The summed E-state index contributed by atoms with van der Waals surface area (Å²) in [6.07, 6.45) is -0.464. The molecule has 2 aromatic heterocycles. The number of aromatic nitrogens is 1. The monoisotopic (exact) mass is 346 g/mol. The molecule has 0 fully saturated rings. The zero-order chi connectivity index (χ0) is 16.2. The summed E-state index contributed by atoms with van der Waals surface area (Å²) in [6.45, 7) is 3.19. The smallest absolute Gasteiger partial charge is 0.246 e. The highest BCUT2D eigenvalue weighted by Gasteiger charge is 2.25. The van der Waals surface area contributed by atoms with Crippen molar-refractivity contribution >= 4 is 21.4 Å². The van der Waals surface area contributed by atoms with E-state index in [9.17, 15) is 8.42 Å². The third-order valence-corrected chi connectivity index (χ3v) is 5.39. The fraction of sp³-hybridized carbons (Fsp3) is 0.462. The molecule has 0 spiro atoms. The van der Waals surface area contributed by atoms with Crippen LogP contribution in [0.5, 0.6) is 0 Å². The molecule has 9 heteroatoms. The van der Waals surface area contributed by atoms with E-state index in [0.29, 0.717) is 5.69 Å². The molecule has 2 aromatic rings. The average Bonchev–Trinajstić information content (AvgIpc) is 3.09. The van der Waals surface area contributed by atoms with Gasteiger partial charge in [-0.3, -0.25) is 0 Å². The van der Waals surface area contributed by atoms with Gasteiger partial charge in [-0.1, -0.05) is 5.16 Å². The maximum Gasteiger partial charge on any atom is 0.246 e. The van der Waals surface area contributed by atoms with Crippen molar-refractivity contribution in [2.24, 2.45) is 0 Å². The lowest BCUT2D eigenvalue weighted by atomic mass is 10.2. The molecule has 0 saturated carbocycles. The van der Waals surface area contributed by atoms with Gasteiger partial charge in [-0.25, -0.2) is 13.1 Å². The second-order valence-electron chi connectivity index (χ2n) is 4.64. The third kappa shape index (κ3) is 3.93. The molecule has 7 nitrogen and oxygen atoms in total. The summed E-state index contributed by atoms with van der Waals surface area (Å²) in [4.78, 5) is 0.0544. The average molecular weight is 346 g/mol. The van der Waals surface area contributed by atoms with Crippen LogP contribution in [-0.2, 0) is 14.8 Å². The summed E-state index contributed by atoms with van der Waals surface area (Å²) >= 11 is 1.49. The van der Waals surface area contributed by atoms with Crippen LogP contribution in [0.25, 0.3) is 0 Å². The van der Waals surface area contributed by atoms with Crippen LogP contribution < -0.4 is 4.72 Å². The number of thiophene rings is 1. The Morgan fingerprint density at radius 1 is 1.50 bits per heavy atom. The predicted octanol–water partition coefficient (Wildman–Crippen LogP) is 1.38. The number of rotatable bonds is 8. The van der Waals surface area contributed by atoms with E-state index in [-0.39, 0.29) is 30.4 Å². The van der Waals surface area contributed by atoms with Crippen LogP contribution in [0.4, 0.5) is 0 Å². The molecular formula is C13H18N2O5S2. The second-order valence-corrected chi connectivity index (χ2v) is 7.13. The fourth-order valence-electron chi connectivity index (χ4n) is 2.04. The largest absolute Gasteiger partial charge is 0.394 e. The normalized spacial score (nSPS) is 13.4. The maximum absolute atomic E-state index is 12.4. The Kier molecular flexibility index (Phi) is 5.70. The molecule has 22 heavy (non-hydrogen) atoms. The number of sulfonamides is 1. The minimum atomic E-state index is -3.73. The van der Waals surface area contributed by atoms with Crippen LogP contribution in [0.1, 0.15) is 23.1 Å². The lowest BCUT2D eigenvalue weighted by Crippen LogP contribution is -2.30. The first-order valence-corrected chi connectivity index (χ1v) is 9.05. The number of nitrogens with zero attached hydrogens (tertiary/aromatic N) is 1. The molecule has 2 heterocycles. The van der Waals surface area contributed by atoms with Crippen molar-refractivity contribution in [3.8, 4) is 0 Å². The first-order chi connectivity index (χ1) is 10.5. The Labute approximate surface area is 133 Å². The predicted molar refractivity (Wildman–Crippen MR) is 81.3 cm³/mol. The Morgan fingerprint density at radius 3 is 2.82 bits per heavy atom. The van der Waals surface area contributed by atoms with Crippen LogP contribution >= 0.6 is 11.3 Å². The van der Waals surface area contributed by atoms with Crippen molar-refractivity contribution in [1.29, 1.82) is 0 Å². The van der Waals surface area contributed by atoms with E-state index in [2.05, 4.69) is 9.88 Å². The highest BCUT2D eigenvalue weighted by Crippen LogP contribution is 2.22. The molecule has 2 N–H and O–H groups in total. The fourth-order valence-corrected chi connectivity index (χ4v) is 4.10. The van der Waals surface area contributed by atoms with Crippen molar-refractivity contribution in [2.75, 3.05) is 19.8 Å². The van der Waals surface area contributed by atoms with Crippen LogP contribution in [0.3, 0.4) is 0 Å². The second kappa shape index (κ2) is 7.34. The SMILES string of the molecule is Cc1noc(C)c1S(=O)(=O)NC[C@H](OCCO)c1ccsc1. The molecule has 0 aliphatic carbocycles. The van der Waals surface area contributed by atoms with E-state index < -0.39 is 16.1 Å². The van der Waals surface area contributed by atoms with Gasteiger partial charge >= 0.3 is 0 Å². The van der Waals surface area contributed by atoms with Gasteiger partial charge in [0.2, 0.25) is 10.0 Å². The number of ether oxygens (including phenoxy) is 1. The van der Waals surface area contributed by atoms with Gasteiger partial charge in [-0.2, -0.15) is 11.3 Å². The van der Waals surface area contributed by atoms with Crippen molar-refractivity contribution < 1.29 is 22.8 Å². The minimum absolute atomic E-state index is 0.0544. The van der Waals surface area contributed by atoms with Gasteiger partial charge in [0.15, 0.2) is 5.76 Å². The van der Waals surface area contributed by atoms with Gasteiger partial charge in [0, 0.05) is 6.54 Å². The van der Waals surface area contributed by atoms with Crippen LogP contribution in [0.15, 0.2) is 26.2 Å².